The van der Waals surface area contributed by atoms with Gasteiger partial charge in [0.25, 0.3) is 11.8 Å². The lowest BCUT2D eigenvalue weighted by molar-refractivity contribution is -0.135. The summed E-state index contributed by atoms with van der Waals surface area (Å²) < 4.78 is 10.4. The molecule has 1 fully saturated rings. The zero-order valence-corrected chi connectivity index (χ0v) is 23.5. The maximum Gasteiger partial charge on any atom is 0.408 e. The monoisotopic (exact) mass is 602 g/mol. The van der Waals surface area contributed by atoms with Crippen LogP contribution in [-0.4, -0.2) is 59.9 Å². The van der Waals surface area contributed by atoms with Crippen LogP contribution in [-0.2, 0) is 40.1 Å². The third-order valence-corrected chi connectivity index (χ3v) is 6.24. The number of hydrogen-bond acceptors (Lipinski definition) is 8. The average Bonchev–Trinajstić information content (AvgIpc) is 3.76. The van der Waals surface area contributed by atoms with Crippen LogP contribution in [0.3, 0.4) is 0 Å². The number of carbonyl (C=O) groups is 6. The molecule has 1 aliphatic rings. The number of nitrogens with one attached hydrogen (secondary N) is 5. The van der Waals surface area contributed by atoms with Gasteiger partial charge in [-0.1, -0.05) is 54.1 Å². The predicted molar refractivity (Wildman–Crippen MR) is 148 cm³/mol. The van der Waals surface area contributed by atoms with Crippen molar-refractivity contribution in [2.75, 3.05) is 0 Å². The van der Waals surface area contributed by atoms with Crippen LogP contribution in [0.1, 0.15) is 37.5 Å². The number of alkyl carbamates (subject to hydrolysis) is 1. The molecule has 0 saturated carbocycles. The Morgan fingerprint density at radius 3 is 2.12 bits per heavy atom. The van der Waals surface area contributed by atoms with Gasteiger partial charge in [-0.25, -0.2) is 4.79 Å². The Morgan fingerprint density at radius 1 is 0.857 bits per heavy atom. The van der Waals surface area contributed by atoms with Gasteiger partial charge in [-0.15, -0.1) is 0 Å². The molecular weight excluding hydrogens is 572 g/mol. The van der Waals surface area contributed by atoms with E-state index in [2.05, 4.69) is 26.8 Å². The van der Waals surface area contributed by atoms with Crippen LogP contribution in [0.25, 0.3) is 0 Å². The smallest absolute Gasteiger partial charge is 0.408 e. The zero-order chi connectivity index (χ0) is 30.8. The number of halogens is 1. The number of primary amides is 1. The normalized spacial score (nSPS) is 17.4. The van der Waals surface area contributed by atoms with Gasteiger partial charge >= 0.3 is 6.09 Å². The van der Waals surface area contributed by atoms with Gasteiger partial charge in [0.05, 0.1) is 6.42 Å². The van der Waals surface area contributed by atoms with Crippen molar-refractivity contribution >= 4 is 47.2 Å². The molecule has 0 radical (unpaired) electrons. The molecule has 1 heterocycles. The van der Waals surface area contributed by atoms with Crippen LogP contribution in [0, 0.1) is 0 Å². The fourth-order valence-corrected chi connectivity index (χ4v) is 3.74. The number of amides is 6. The fraction of sp³-hybridized carbons (Fsp3) is 0.333. The molecule has 6 amide bonds. The molecule has 1 aliphatic heterocycles. The molecule has 3 rings (SSSR count). The van der Waals surface area contributed by atoms with Crippen LogP contribution >= 0.6 is 11.6 Å². The standard InChI is InChI=1S/C27H31ClN6O8/c1-14(30-23(36)15(2)31-27(40)41-13-16-6-4-3-5-7-16)24(37)32-19(12-20(29)35)25(38)33-34-26(39)22-21(42-22)17-8-10-18(28)11-9-17/h3-11,14-15,19,21-22H,12-13H2,1-2H3,(H2,29,35)(H,30,36)(H,31,40)(H,32,37)(H,33,38)(H,34,39)/t14-,15-,19-,21?,22?/m0/s1. The molecule has 224 valence electrons. The van der Waals surface area contributed by atoms with Crippen molar-refractivity contribution in [3.63, 3.8) is 0 Å². The van der Waals surface area contributed by atoms with E-state index in [1.54, 1.807) is 48.5 Å². The van der Waals surface area contributed by atoms with Crippen molar-refractivity contribution < 1.29 is 38.2 Å². The summed E-state index contributed by atoms with van der Waals surface area (Å²) in [5.74, 6) is -4.04. The molecule has 42 heavy (non-hydrogen) atoms. The number of epoxide rings is 1. The van der Waals surface area contributed by atoms with E-state index >= 15 is 0 Å². The highest BCUT2D eigenvalue weighted by molar-refractivity contribution is 6.30. The van der Waals surface area contributed by atoms with Gasteiger partial charge in [0.15, 0.2) is 6.10 Å². The summed E-state index contributed by atoms with van der Waals surface area (Å²) in [6.07, 6.45) is -2.81. The van der Waals surface area contributed by atoms with Crippen molar-refractivity contribution in [3.05, 3.63) is 70.7 Å². The summed E-state index contributed by atoms with van der Waals surface area (Å²) in [5, 5.41) is 7.57. The molecule has 0 spiro atoms. The van der Waals surface area contributed by atoms with Crippen LogP contribution < -0.4 is 32.5 Å². The number of hydrazine groups is 1. The van der Waals surface area contributed by atoms with Crippen molar-refractivity contribution in [1.82, 2.24) is 26.8 Å². The minimum atomic E-state index is -1.47. The summed E-state index contributed by atoms with van der Waals surface area (Å²) in [6.45, 7) is 2.72. The van der Waals surface area contributed by atoms with E-state index in [1.165, 1.54) is 13.8 Å². The third-order valence-electron chi connectivity index (χ3n) is 5.99. The Balaban J connectivity index is 1.44. The zero-order valence-electron chi connectivity index (χ0n) is 22.7. The van der Waals surface area contributed by atoms with E-state index in [4.69, 9.17) is 26.8 Å². The summed E-state index contributed by atoms with van der Waals surface area (Å²) in [4.78, 5) is 73.7. The molecule has 5 atom stereocenters. The van der Waals surface area contributed by atoms with E-state index in [9.17, 15) is 28.8 Å². The minimum Gasteiger partial charge on any atom is -0.445 e. The quantitative estimate of drug-likeness (QED) is 0.145. The minimum absolute atomic E-state index is 0.000201. The number of benzene rings is 2. The number of rotatable bonds is 12. The largest absolute Gasteiger partial charge is 0.445 e. The SMILES string of the molecule is C[C@H](NC(=O)OCc1ccccc1)C(=O)N[C@@H](C)C(=O)N[C@@H](CC(N)=O)C(=O)NNC(=O)C1OC1c1ccc(Cl)cc1. The van der Waals surface area contributed by atoms with Gasteiger partial charge in [0.2, 0.25) is 17.7 Å². The summed E-state index contributed by atoms with van der Waals surface area (Å²) in [5.41, 5.74) is 11.0. The molecule has 0 bridgehead atoms. The first kappa shape index (κ1) is 31.8. The van der Waals surface area contributed by atoms with Gasteiger partial charge in [-0.2, -0.15) is 0 Å². The Bertz CT molecular complexity index is 1310. The van der Waals surface area contributed by atoms with Crippen molar-refractivity contribution in [1.29, 1.82) is 0 Å². The maximum atomic E-state index is 12.7. The van der Waals surface area contributed by atoms with Crippen molar-refractivity contribution in [2.45, 2.75) is 57.2 Å². The Hall–Kier alpha value is -4.69. The summed E-state index contributed by atoms with van der Waals surface area (Å²) in [6, 6.07) is 11.9. The van der Waals surface area contributed by atoms with E-state index in [-0.39, 0.29) is 6.61 Å². The predicted octanol–water partition coefficient (Wildman–Crippen LogP) is 0.107. The average molecular weight is 603 g/mol. The second-order valence-corrected chi connectivity index (χ2v) is 9.83. The molecule has 1 saturated heterocycles. The number of nitrogens with two attached hydrogens (primary N) is 1. The highest BCUT2D eigenvalue weighted by atomic mass is 35.5. The van der Waals surface area contributed by atoms with Crippen LogP contribution in [0.2, 0.25) is 5.02 Å². The molecule has 2 aromatic rings. The number of carbonyl (C=O) groups excluding carboxylic acids is 6. The van der Waals surface area contributed by atoms with Gasteiger partial charge in [-0.3, -0.25) is 34.8 Å². The number of hydrogen-bond donors (Lipinski definition) is 6. The molecule has 2 unspecified atom stereocenters. The van der Waals surface area contributed by atoms with Crippen LogP contribution in [0.15, 0.2) is 54.6 Å². The lowest BCUT2D eigenvalue weighted by atomic mass is 10.1. The lowest BCUT2D eigenvalue weighted by Crippen LogP contribution is -2.58. The summed E-state index contributed by atoms with van der Waals surface area (Å²) in [7, 11) is 0. The molecular formula is C27H31ClN6O8. The van der Waals surface area contributed by atoms with Crippen LogP contribution in [0.4, 0.5) is 4.79 Å². The Labute approximate surface area is 246 Å². The lowest BCUT2D eigenvalue weighted by Gasteiger charge is -2.21. The van der Waals surface area contributed by atoms with E-state index in [1.807, 2.05) is 6.07 Å². The number of ether oxygens (including phenoxy) is 2. The molecule has 15 heteroatoms. The highest BCUT2D eigenvalue weighted by Gasteiger charge is 2.46. The fourth-order valence-electron chi connectivity index (χ4n) is 3.62. The highest BCUT2D eigenvalue weighted by Crippen LogP contribution is 2.38. The van der Waals surface area contributed by atoms with Crippen LogP contribution in [0.5, 0.6) is 0 Å². The molecule has 7 N–H and O–H groups in total. The van der Waals surface area contributed by atoms with Crippen molar-refractivity contribution in [3.8, 4) is 0 Å². The summed E-state index contributed by atoms with van der Waals surface area (Å²) >= 11 is 5.86. The second kappa shape index (κ2) is 14.8. The second-order valence-electron chi connectivity index (χ2n) is 9.40. The maximum absolute atomic E-state index is 12.7. The Kier molecular flexibility index (Phi) is 11.2. The van der Waals surface area contributed by atoms with Crippen molar-refractivity contribution in [2.24, 2.45) is 5.73 Å². The first-order valence-corrected chi connectivity index (χ1v) is 13.2. The van der Waals surface area contributed by atoms with Gasteiger partial charge < -0.3 is 31.2 Å². The van der Waals surface area contributed by atoms with Gasteiger partial charge in [-0.05, 0) is 37.1 Å². The van der Waals surface area contributed by atoms with E-state index < -0.39 is 72.4 Å². The molecule has 2 aromatic carbocycles. The topological polar surface area (TPSA) is 210 Å². The first-order valence-electron chi connectivity index (χ1n) is 12.8. The van der Waals surface area contributed by atoms with Gasteiger partial charge in [0, 0.05) is 5.02 Å². The van der Waals surface area contributed by atoms with Gasteiger partial charge in [0.1, 0.15) is 30.8 Å². The third kappa shape index (κ3) is 9.74. The van der Waals surface area contributed by atoms with E-state index in [0.717, 1.165) is 11.1 Å². The van der Waals surface area contributed by atoms with E-state index in [0.29, 0.717) is 5.02 Å². The molecule has 14 nitrogen and oxygen atoms in total. The first-order chi connectivity index (χ1) is 19.9. The molecule has 0 aromatic heterocycles. The molecule has 0 aliphatic carbocycles. The Morgan fingerprint density at radius 2 is 1.48 bits per heavy atom.